The predicted octanol–water partition coefficient (Wildman–Crippen LogP) is 4.87. The van der Waals surface area contributed by atoms with Crippen molar-refractivity contribution in [1.82, 2.24) is 0 Å². The summed E-state index contributed by atoms with van der Waals surface area (Å²) in [4.78, 5) is 0. The zero-order valence-electron chi connectivity index (χ0n) is 17.0. The predicted molar refractivity (Wildman–Crippen MR) is 120 cm³/mol. The largest absolute Gasteiger partial charge is 0.493 e. The van der Waals surface area contributed by atoms with Crippen LogP contribution in [0.15, 0.2) is 89.5 Å². The van der Waals surface area contributed by atoms with Gasteiger partial charge in [0, 0.05) is 5.57 Å². The van der Waals surface area contributed by atoms with Crippen LogP contribution in [0.3, 0.4) is 0 Å². The number of benzene rings is 3. The van der Waals surface area contributed by atoms with E-state index in [9.17, 15) is 5.11 Å². The van der Waals surface area contributed by atoms with Crippen LogP contribution < -0.4 is 14.5 Å². The van der Waals surface area contributed by atoms with Crippen LogP contribution in [0.4, 0.5) is 5.69 Å². The maximum atomic E-state index is 10.8. The molecule has 0 aromatic heterocycles. The molecule has 5 heteroatoms. The zero-order valence-corrected chi connectivity index (χ0v) is 17.0. The van der Waals surface area contributed by atoms with Crippen LogP contribution in [0.5, 0.6) is 11.5 Å². The molecule has 1 N–H and O–H groups in total. The van der Waals surface area contributed by atoms with Gasteiger partial charge in [-0.15, -0.1) is 0 Å². The molecule has 1 aliphatic rings. The van der Waals surface area contributed by atoms with Gasteiger partial charge in [0.25, 0.3) is 0 Å². The monoisotopic (exact) mass is 400 g/mol. The number of para-hydroxylation sites is 1. The molecule has 0 bridgehead atoms. The molecule has 0 spiro atoms. The van der Waals surface area contributed by atoms with Crippen LogP contribution in [0.2, 0.25) is 0 Å². The molecule has 4 rings (SSSR count). The molecule has 0 aliphatic carbocycles. The summed E-state index contributed by atoms with van der Waals surface area (Å²) < 4.78 is 11.5. The summed E-state index contributed by atoms with van der Waals surface area (Å²) in [5.41, 5.74) is 4.36. The normalized spacial score (nSPS) is 17.2. The maximum absolute atomic E-state index is 10.8. The number of hydrogen-bond acceptors (Lipinski definition) is 5. The lowest BCUT2D eigenvalue weighted by atomic mass is 10.1. The lowest BCUT2D eigenvalue weighted by Gasteiger charge is -2.19. The molecule has 152 valence electrons. The van der Waals surface area contributed by atoms with Crippen molar-refractivity contribution in [2.45, 2.75) is 19.8 Å². The van der Waals surface area contributed by atoms with Crippen LogP contribution in [0.25, 0.3) is 6.08 Å². The lowest BCUT2D eigenvalue weighted by molar-refractivity contribution is 0.219. The second-order valence-corrected chi connectivity index (χ2v) is 7.02. The minimum absolute atomic E-state index is 0.466. The van der Waals surface area contributed by atoms with Crippen LogP contribution in [0, 0.1) is 0 Å². The Morgan fingerprint density at radius 3 is 2.37 bits per heavy atom. The van der Waals surface area contributed by atoms with E-state index < -0.39 is 6.23 Å². The minimum atomic E-state index is -0.840. The standard InChI is InChI=1S/C25H24N2O3/c1-18-22(25(28)27(26-18)21-11-7-4-8-12-21)15-20-13-14-23(24(16-20)29-2)30-17-19-9-5-3-6-10-19/h3-16,25,28H,17H2,1-2H3/b22-15-. The fraction of sp³-hybridized carbons (Fsp3) is 0.160. The first-order chi connectivity index (χ1) is 14.7. The molecule has 30 heavy (non-hydrogen) atoms. The van der Waals surface area contributed by atoms with Crippen molar-refractivity contribution in [1.29, 1.82) is 0 Å². The second kappa shape index (κ2) is 8.84. The highest BCUT2D eigenvalue weighted by atomic mass is 16.5. The number of rotatable bonds is 6. The first-order valence-electron chi connectivity index (χ1n) is 9.80. The summed E-state index contributed by atoms with van der Waals surface area (Å²) in [5.74, 6) is 1.31. The highest BCUT2D eigenvalue weighted by Crippen LogP contribution is 2.32. The Bertz CT molecular complexity index is 1060. The van der Waals surface area contributed by atoms with Gasteiger partial charge in [-0.2, -0.15) is 5.10 Å². The molecule has 0 fully saturated rings. The minimum Gasteiger partial charge on any atom is -0.493 e. The van der Waals surface area contributed by atoms with E-state index in [2.05, 4.69) is 5.10 Å². The van der Waals surface area contributed by atoms with Crippen molar-refractivity contribution in [2.75, 3.05) is 12.1 Å². The molecule has 1 heterocycles. The van der Waals surface area contributed by atoms with Crippen LogP contribution in [0.1, 0.15) is 18.1 Å². The first kappa shape index (κ1) is 19.7. The van der Waals surface area contributed by atoms with E-state index >= 15 is 0 Å². The van der Waals surface area contributed by atoms with Crippen molar-refractivity contribution in [3.05, 3.63) is 95.6 Å². The quantitative estimate of drug-likeness (QED) is 0.641. The summed E-state index contributed by atoms with van der Waals surface area (Å²) in [6.07, 6.45) is 1.09. The molecule has 5 nitrogen and oxygen atoms in total. The van der Waals surface area contributed by atoms with E-state index in [-0.39, 0.29) is 0 Å². The maximum Gasteiger partial charge on any atom is 0.175 e. The Labute approximate surface area is 176 Å². The molecule has 0 radical (unpaired) electrons. The van der Waals surface area contributed by atoms with E-state index in [0.717, 1.165) is 28.1 Å². The third-order valence-corrected chi connectivity index (χ3v) is 4.95. The molecule has 0 amide bonds. The first-order valence-corrected chi connectivity index (χ1v) is 9.80. The van der Waals surface area contributed by atoms with E-state index in [0.29, 0.717) is 18.1 Å². The highest BCUT2D eigenvalue weighted by molar-refractivity contribution is 6.06. The number of aliphatic hydroxyl groups is 1. The summed E-state index contributed by atoms with van der Waals surface area (Å²) in [5, 5.41) is 16.9. The molecule has 0 saturated heterocycles. The molecule has 0 saturated carbocycles. The van der Waals surface area contributed by atoms with Gasteiger partial charge in [0.2, 0.25) is 0 Å². The Hall–Kier alpha value is -3.57. The molecule has 1 unspecified atom stereocenters. The Morgan fingerprint density at radius 2 is 1.67 bits per heavy atom. The van der Waals surface area contributed by atoms with Gasteiger partial charge < -0.3 is 14.6 Å². The van der Waals surface area contributed by atoms with Gasteiger partial charge in [-0.3, -0.25) is 0 Å². The van der Waals surface area contributed by atoms with Crippen molar-refractivity contribution >= 4 is 17.5 Å². The Kier molecular flexibility index (Phi) is 5.82. The summed E-state index contributed by atoms with van der Waals surface area (Å²) >= 11 is 0. The van der Waals surface area contributed by atoms with E-state index in [1.165, 1.54) is 0 Å². The SMILES string of the molecule is COc1cc(/C=C2/C(C)=NN(c3ccccc3)C2O)ccc1OCc1ccccc1. The molecule has 3 aromatic rings. The smallest absolute Gasteiger partial charge is 0.175 e. The Morgan fingerprint density at radius 1 is 0.967 bits per heavy atom. The fourth-order valence-corrected chi connectivity index (χ4v) is 3.36. The molecular weight excluding hydrogens is 376 g/mol. The topological polar surface area (TPSA) is 54.3 Å². The van der Waals surface area contributed by atoms with Gasteiger partial charge in [0.15, 0.2) is 17.7 Å². The number of anilines is 1. The summed E-state index contributed by atoms with van der Waals surface area (Å²) in [6, 6.07) is 25.4. The van der Waals surface area contributed by atoms with Gasteiger partial charge in [0.1, 0.15) is 6.61 Å². The van der Waals surface area contributed by atoms with Crippen molar-refractivity contribution in [3.63, 3.8) is 0 Å². The third kappa shape index (κ3) is 4.21. The average Bonchev–Trinajstić information content (AvgIpc) is 3.07. The fourth-order valence-electron chi connectivity index (χ4n) is 3.36. The van der Waals surface area contributed by atoms with Gasteiger partial charge in [-0.1, -0.05) is 54.6 Å². The van der Waals surface area contributed by atoms with Crippen LogP contribution >= 0.6 is 0 Å². The van der Waals surface area contributed by atoms with Crippen molar-refractivity contribution in [3.8, 4) is 11.5 Å². The average molecular weight is 400 g/mol. The van der Waals surface area contributed by atoms with E-state index in [1.807, 2.05) is 91.9 Å². The number of hydrogen-bond donors (Lipinski definition) is 1. The van der Waals surface area contributed by atoms with E-state index in [1.54, 1.807) is 12.1 Å². The van der Waals surface area contributed by atoms with Crippen molar-refractivity contribution < 1.29 is 14.6 Å². The highest BCUT2D eigenvalue weighted by Gasteiger charge is 2.28. The third-order valence-electron chi connectivity index (χ3n) is 4.95. The van der Waals surface area contributed by atoms with Gasteiger partial charge >= 0.3 is 0 Å². The summed E-state index contributed by atoms with van der Waals surface area (Å²) in [7, 11) is 1.62. The lowest BCUT2D eigenvalue weighted by Crippen LogP contribution is -2.27. The molecular formula is C25H24N2O3. The Balaban J connectivity index is 1.54. The van der Waals surface area contributed by atoms with Gasteiger partial charge in [-0.05, 0) is 48.4 Å². The number of aliphatic hydroxyl groups excluding tert-OH is 1. The molecule has 3 aromatic carbocycles. The number of hydrazone groups is 1. The second-order valence-electron chi connectivity index (χ2n) is 7.02. The molecule has 1 aliphatic heterocycles. The van der Waals surface area contributed by atoms with Gasteiger partial charge in [0.05, 0.1) is 18.5 Å². The number of methoxy groups -OCH3 is 1. The van der Waals surface area contributed by atoms with Crippen molar-refractivity contribution in [2.24, 2.45) is 5.10 Å². The van der Waals surface area contributed by atoms with E-state index in [4.69, 9.17) is 9.47 Å². The van der Waals surface area contributed by atoms with Gasteiger partial charge in [-0.25, -0.2) is 5.01 Å². The number of ether oxygens (including phenoxy) is 2. The number of nitrogens with zero attached hydrogens (tertiary/aromatic N) is 2. The zero-order chi connectivity index (χ0) is 20.9. The molecule has 1 atom stereocenters. The van der Waals surface area contributed by atoms with Crippen LogP contribution in [-0.2, 0) is 6.61 Å². The summed E-state index contributed by atoms with van der Waals surface area (Å²) in [6.45, 7) is 2.36. The van der Waals surface area contributed by atoms with Crippen LogP contribution in [-0.4, -0.2) is 24.2 Å².